The molecule has 1 amide bonds. The number of benzene rings is 1. The number of carbonyl (C=O) groups excluding carboxylic acids is 1. The lowest BCUT2D eigenvalue weighted by atomic mass is 10.1. The Morgan fingerprint density at radius 3 is 2.08 bits per heavy atom. The fraction of sp³-hybridized carbons (Fsp3) is 0.421. The Morgan fingerprint density at radius 2 is 1.62 bits per heavy atom. The van der Waals surface area contributed by atoms with Crippen molar-refractivity contribution in [2.45, 2.75) is 27.3 Å². The number of hydrogen-bond acceptors (Lipinski definition) is 5. The molecule has 0 aliphatic rings. The highest BCUT2D eigenvalue weighted by Gasteiger charge is 2.20. The Morgan fingerprint density at radius 1 is 1.04 bits per heavy atom. The summed E-state index contributed by atoms with van der Waals surface area (Å²) in [4.78, 5) is 15.7. The first-order valence-corrected chi connectivity index (χ1v) is 10.2. The first-order valence-electron chi connectivity index (χ1n) is 8.56. The number of carbonyl (C=O) groups is 1. The van der Waals surface area contributed by atoms with E-state index in [2.05, 4.69) is 15.9 Å². The van der Waals surface area contributed by atoms with Gasteiger partial charge in [0.05, 0.1) is 30.2 Å². The van der Waals surface area contributed by atoms with E-state index in [0.717, 1.165) is 8.66 Å². The molecule has 1 heterocycles. The zero-order valence-corrected chi connectivity index (χ0v) is 17.9. The predicted molar refractivity (Wildman–Crippen MR) is 108 cm³/mol. The van der Waals surface area contributed by atoms with Gasteiger partial charge in [-0.2, -0.15) is 0 Å². The molecule has 0 radical (unpaired) electrons. The van der Waals surface area contributed by atoms with Gasteiger partial charge >= 0.3 is 0 Å². The average molecular weight is 442 g/mol. The van der Waals surface area contributed by atoms with E-state index in [4.69, 9.17) is 14.2 Å². The van der Waals surface area contributed by atoms with Gasteiger partial charge in [0.2, 0.25) is 5.75 Å². The van der Waals surface area contributed by atoms with Crippen LogP contribution in [0.25, 0.3) is 0 Å². The molecule has 0 saturated carbocycles. The molecule has 0 bridgehead atoms. The molecule has 0 atom stereocenters. The van der Waals surface area contributed by atoms with Crippen molar-refractivity contribution in [3.63, 3.8) is 0 Å². The SMILES string of the molecule is CCOc1cc(C(=O)N(C)Cc2ccc(Br)s2)cc(OCC)c1OCC. The van der Waals surface area contributed by atoms with Gasteiger partial charge in [0.1, 0.15) is 0 Å². The molecule has 0 spiro atoms. The molecule has 1 aromatic carbocycles. The van der Waals surface area contributed by atoms with E-state index in [0.29, 0.717) is 49.2 Å². The number of nitrogens with zero attached hydrogens (tertiary/aromatic N) is 1. The van der Waals surface area contributed by atoms with Crippen molar-refractivity contribution in [3.8, 4) is 17.2 Å². The van der Waals surface area contributed by atoms with E-state index in [1.54, 1.807) is 35.4 Å². The molecule has 0 fully saturated rings. The predicted octanol–water partition coefficient (Wildman–Crippen LogP) is 4.98. The highest BCUT2D eigenvalue weighted by molar-refractivity contribution is 9.11. The van der Waals surface area contributed by atoms with Gasteiger partial charge in [-0.15, -0.1) is 11.3 Å². The number of thiophene rings is 1. The molecular weight excluding hydrogens is 418 g/mol. The van der Waals surface area contributed by atoms with Crippen LogP contribution < -0.4 is 14.2 Å². The van der Waals surface area contributed by atoms with Crippen molar-refractivity contribution in [1.82, 2.24) is 4.90 Å². The molecule has 0 N–H and O–H groups in total. The van der Waals surface area contributed by atoms with Crippen LogP contribution in [0.4, 0.5) is 0 Å². The Bertz CT molecular complexity index is 720. The third-order valence-electron chi connectivity index (χ3n) is 3.52. The minimum Gasteiger partial charge on any atom is -0.490 e. The number of ether oxygens (including phenoxy) is 3. The molecule has 0 aliphatic carbocycles. The van der Waals surface area contributed by atoms with Gasteiger partial charge in [-0.05, 0) is 61.0 Å². The number of halogens is 1. The van der Waals surface area contributed by atoms with Gasteiger partial charge in [-0.3, -0.25) is 4.79 Å². The number of hydrogen-bond donors (Lipinski definition) is 0. The summed E-state index contributed by atoms with van der Waals surface area (Å²) in [7, 11) is 1.78. The van der Waals surface area contributed by atoms with Gasteiger partial charge < -0.3 is 19.1 Å². The van der Waals surface area contributed by atoms with E-state index >= 15 is 0 Å². The molecule has 2 aromatic rings. The van der Waals surface area contributed by atoms with Crippen LogP contribution in [0.2, 0.25) is 0 Å². The van der Waals surface area contributed by atoms with Gasteiger partial charge in [0.15, 0.2) is 11.5 Å². The summed E-state index contributed by atoms with van der Waals surface area (Å²) >= 11 is 5.06. The zero-order chi connectivity index (χ0) is 19.1. The van der Waals surface area contributed by atoms with Crippen LogP contribution in [0, 0.1) is 0 Å². The highest BCUT2D eigenvalue weighted by atomic mass is 79.9. The van der Waals surface area contributed by atoms with E-state index in [9.17, 15) is 4.79 Å². The van der Waals surface area contributed by atoms with E-state index < -0.39 is 0 Å². The maximum absolute atomic E-state index is 12.9. The van der Waals surface area contributed by atoms with Crippen molar-refractivity contribution in [3.05, 3.63) is 38.5 Å². The molecule has 0 unspecified atom stereocenters. The van der Waals surface area contributed by atoms with Crippen LogP contribution in [-0.2, 0) is 6.54 Å². The minimum atomic E-state index is -0.0977. The van der Waals surface area contributed by atoms with Gasteiger partial charge in [-0.25, -0.2) is 0 Å². The van der Waals surface area contributed by atoms with Crippen molar-refractivity contribution in [1.29, 1.82) is 0 Å². The maximum Gasteiger partial charge on any atom is 0.254 e. The molecular formula is C19H24BrNO4S. The topological polar surface area (TPSA) is 48.0 Å². The Kier molecular flexibility index (Phi) is 7.78. The third-order valence-corrected chi connectivity index (χ3v) is 5.13. The first kappa shape index (κ1) is 20.6. The summed E-state index contributed by atoms with van der Waals surface area (Å²) in [6.45, 7) is 7.66. The van der Waals surface area contributed by atoms with Crippen LogP contribution in [0.3, 0.4) is 0 Å². The normalized spacial score (nSPS) is 10.5. The zero-order valence-electron chi connectivity index (χ0n) is 15.5. The molecule has 5 nitrogen and oxygen atoms in total. The van der Waals surface area contributed by atoms with Gasteiger partial charge in [-0.1, -0.05) is 0 Å². The summed E-state index contributed by atoms with van der Waals surface area (Å²) in [6.07, 6.45) is 0. The van der Waals surface area contributed by atoms with Crippen molar-refractivity contribution >= 4 is 33.2 Å². The summed E-state index contributed by atoms with van der Waals surface area (Å²) in [5.74, 6) is 1.49. The standard InChI is InChI=1S/C19H24BrNO4S/c1-5-23-15-10-13(11-16(24-6-2)18(15)25-7-3)19(22)21(4)12-14-8-9-17(20)26-14/h8-11H,5-7,12H2,1-4H3. The molecule has 0 aliphatic heterocycles. The summed E-state index contributed by atoms with van der Waals surface area (Å²) < 4.78 is 18.1. The van der Waals surface area contributed by atoms with Crippen LogP contribution in [-0.4, -0.2) is 37.7 Å². The molecule has 1 aromatic heterocycles. The fourth-order valence-corrected chi connectivity index (χ4v) is 4.01. The number of amides is 1. The van der Waals surface area contributed by atoms with Crippen molar-refractivity contribution in [2.24, 2.45) is 0 Å². The Labute approximate surface area is 167 Å². The second kappa shape index (κ2) is 9.83. The van der Waals surface area contributed by atoms with E-state index in [1.165, 1.54) is 0 Å². The monoisotopic (exact) mass is 441 g/mol. The minimum absolute atomic E-state index is 0.0977. The lowest BCUT2D eigenvalue weighted by Crippen LogP contribution is -2.26. The first-order chi connectivity index (χ1) is 12.5. The smallest absolute Gasteiger partial charge is 0.254 e. The van der Waals surface area contributed by atoms with Crippen LogP contribution >= 0.6 is 27.3 Å². The van der Waals surface area contributed by atoms with Gasteiger partial charge in [0, 0.05) is 17.5 Å². The van der Waals surface area contributed by atoms with Crippen molar-refractivity contribution in [2.75, 3.05) is 26.9 Å². The average Bonchev–Trinajstić information content (AvgIpc) is 3.02. The van der Waals surface area contributed by atoms with E-state index in [-0.39, 0.29) is 5.91 Å². The summed E-state index contributed by atoms with van der Waals surface area (Å²) in [5, 5.41) is 0. The third kappa shape index (κ3) is 5.14. The summed E-state index contributed by atoms with van der Waals surface area (Å²) in [5.41, 5.74) is 0.512. The van der Waals surface area contributed by atoms with Crippen molar-refractivity contribution < 1.29 is 19.0 Å². The second-order valence-electron chi connectivity index (χ2n) is 5.47. The van der Waals surface area contributed by atoms with Gasteiger partial charge in [0.25, 0.3) is 5.91 Å². The lowest BCUT2D eigenvalue weighted by Gasteiger charge is -2.20. The molecule has 7 heteroatoms. The molecule has 0 saturated heterocycles. The van der Waals surface area contributed by atoms with Crippen LogP contribution in [0.15, 0.2) is 28.1 Å². The highest BCUT2D eigenvalue weighted by Crippen LogP contribution is 2.39. The number of rotatable bonds is 9. The maximum atomic E-state index is 12.9. The Hall–Kier alpha value is -1.73. The molecule has 2 rings (SSSR count). The largest absolute Gasteiger partial charge is 0.490 e. The summed E-state index contributed by atoms with van der Waals surface area (Å²) in [6, 6.07) is 7.43. The molecule has 142 valence electrons. The van der Waals surface area contributed by atoms with Crippen LogP contribution in [0.1, 0.15) is 36.0 Å². The molecule has 26 heavy (non-hydrogen) atoms. The van der Waals surface area contributed by atoms with E-state index in [1.807, 2.05) is 32.9 Å². The fourth-order valence-electron chi connectivity index (χ4n) is 2.47. The second-order valence-corrected chi connectivity index (χ2v) is 8.02. The Balaban J connectivity index is 2.32. The lowest BCUT2D eigenvalue weighted by molar-refractivity contribution is 0.0785. The quantitative estimate of drug-likeness (QED) is 0.550. The van der Waals surface area contributed by atoms with Crippen LogP contribution in [0.5, 0.6) is 17.2 Å².